The zero-order valence-electron chi connectivity index (χ0n) is 9.29. The van der Waals surface area contributed by atoms with Gasteiger partial charge in [0.05, 0.1) is 11.8 Å². The molecule has 96 valence electrons. The van der Waals surface area contributed by atoms with Crippen LogP contribution >= 0.6 is 11.3 Å². The molecule has 1 aliphatic rings. The highest BCUT2D eigenvalue weighted by Crippen LogP contribution is 2.36. The van der Waals surface area contributed by atoms with Crippen LogP contribution in [0.4, 0.5) is 18.3 Å². The molecule has 0 saturated carbocycles. The Bertz CT molecular complexity index is 405. The van der Waals surface area contributed by atoms with Crippen molar-refractivity contribution in [2.75, 3.05) is 18.5 Å². The summed E-state index contributed by atoms with van der Waals surface area (Å²) in [5.74, 6) is 0. The van der Waals surface area contributed by atoms with Gasteiger partial charge >= 0.3 is 6.18 Å². The third-order valence-corrected chi connectivity index (χ3v) is 3.90. The molecule has 2 rings (SSSR count). The Hall–Kier alpha value is -0.820. The predicted octanol–water partition coefficient (Wildman–Crippen LogP) is 2.51. The second-order valence-corrected chi connectivity index (χ2v) is 5.25. The van der Waals surface area contributed by atoms with Crippen LogP contribution in [0.3, 0.4) is 0 Å². The molecule has 1 aliphatic carbocycles. The van der Waals surface area contributed by atoms with Crippen molar-refractivity contribution in [2.45, 2.75) is 31.5 Å². The van der Waals surface area contributed by atoms with Crippen LogP contribution in [0.25, 0.3) is 0 Å². The minimum atomic E-state index is -4.24. The number of aliphatic hydroxyl groups is 1. The van der Waals surface area contributed by atoms with E-state index in [1.54, 1.807) is 0 Å². The van der Waals surface area contributed by atoms with Crippen molar-refractivity contribution >= 4 is 16.5 Å². The molecule has 1 aromatic heterocycles. The number of hydrogen-bond donors (Lipinski definition) is 1. The van der Waals surface area contributed by atoms with Crippen molar-refractivity contribution in [2.24, 2.45) is 0 Å². The van der Waals surface area contributed by atoms with Gasteiger partial charge < -0.3 is 10.0 Å². The van der Waals surface area contributed by atoms with E-state index in [4.69, 9.17) is 0 Å². The molecule has 1 unspecified atom stereocenters. The summed E-state index contributed by atoms with van der Waals surface area (Å²) in [6.45, 7) is -1.02. The second kappa shape index (κ2) is 4.45. The van der Waals surface area contributed by atoms with E-state index in [2.05, 4.69) is 4.98 Å². The maximum Gasteiger partial charge on any atom is 0.405 e. The van der Waals surface area contributed by atoms with Crippen LogP contribution in [0.1, 0.15) is 29.5 Å². The van der Waals surface area contributed by atoms with Crippen molar-refractivity contribution in [3.05, 3.63) is 10.6 Å². The molecule has 0 saturated heterocycles. The van der Waals surface area contributed by atoms with Gasteiger partial charge in [0, 0.05) is 11.9 Å². The molecule has 7 heteroatoms. The largest absolute Gasteiger partial charge is 0.405 e. The van der Waals surface area contributed by atoms with Gasteiger partial charge in [-0.15, -0.1) is 11.3 Å². The van der Waals surface area contributed by atoms with Crippen molar-refractivity contribution in [3.63, 3.8) is 0 Å². The van der Waals surface area contributed by atoms with Crippen molar-refractivity contribution in [1.82, 2.24) is 4.98 Å². The summed E-state index contributed by atoms with van der Waals surface area (Å²) in [5.41, 5.74) is 0.560. The predicted molar refractivity (Wildman–Crippen MR) is 59.3 cm³/mol. The number of thiazole rings is 1. The Morgan fingerprint density at radius 3 is 2.82 bits per heavy atom. The van der Waals surface area contributed by atoms with Gasteiger partial charge in [0.25, 0.3) is 0 Å². The van der Waals surface area contributed by atoms with Gasteiger partial charge in [0.1, 0.15) is 6.54 Å². The number of rotatable bonds is 2. The summed E-state index contributed by atoms with van der Waals surface area (Å²) in [4.78, 5) is 6.10. The monoisotopic (exact) mass is 266 g/mol. The molecule has 0 radical (unpaired) electrons. The Labute approximate surface area is 101 Å². The van der Waals surface area contributed by atoms with Gasteiger partial charge in [0.15, 0.2) is 5.13 Å². The van der Waals surface area contributed by atoms with Crippen molar-refractivity contribution < 1.29 is 18.3 Å². The quantitative estimate of drug-likeness (QED) is 0.893. The van der Waals surface area contributed by atoms with E-state index in [0.29, 0.717) is 17.2 Å². The van der Waals surface area contributed by atoms with Crippen LogP contribution in [0, 0.1) is 0 Å². The first kappa shape index (κ1) is 12.6. The topological polar surface area (TPSA) is 36.4 Å². The highest BCUT2D eigenvalue weighted by molar-refractivity contribution is 7.15. The maximum atomic E-state index is 12.2. The number of nitrogens with zero attached hydrogens (tertiary/aromatic N) is 2. The molecule has 1 heterocycles. The fraction of sp³-hybridized carbons (Fsp3) is 0.700. The van der Waals surface area contributed by atoms with E-state index in [1.165, 1.54) is 18.4 Å². The highest BCUT2D eigenvalue weighted by atomic mass is 32.1. The number of hydrogen-bond acceptors (Lipinski definition) is 4. The Morgan fingerprint density at radius 1 is 1.53 bits per heavy atom. The fourth-order valence-electron chi connectivity index (χ4n) is 1.88. The van der Waals surface area contributed by atoms with E-state index < -0.39 is 18.8 Å². The lowest BCUT2D eigenvalue weighted by Gasteiger charge is -2.17. The molecule has 0 amide bonds. The summed E-state index contributed by atoms with van der Waals surface area (Å²) in [6, 6.07) is 0. The number of halogens is 3. The molecule has 3 nitrogen and oxygen atoms in total. The molecule has 17 heavy (non-hydrogen) atoms. The maximum absolute atomic E-state index is 12.2. The van der Waals surface area contributed by atoms with Crippen molar-refractivity contribution in [1.29, 1.82) is 0 Å². The van der Waals surface area contributed by atoms with E-state index >= 15 is 0 Å². The standard InChI is InChI=1S/C10H13F3N2OS/c1-15(5-10(11,12)13)9-14-8-6(16)3-2-4-7(8)17-9/h6,16H,2-5H2,1H3. The lowest BCUT2D eigenvalue weighted by molar-refractivity contribution is -0.119. The van der Waals surface area contributed by atoms with Gasteiger partial charge in [-0.3, -0.25) is 0 Å². The summed E-state index contributed by atoms with van der Waals surface area (Å²) in [5, 5.41) is 10.0. The Kier molecular flexibility index (Phi) is 3.31. The Balaban J connectivity index is 2.17. The number of aromatic nitrogens is 1. The van der Waals surface area contributed by atoms with Gasteiger partial charge in [0.2, 0.25) is 0 Å². The van der Waals surface area contributed by atoms with Crippen LogP contribution in [0.15, 0.2) is 0 Å². The van der Waals surface area contributed by atoms with Gasteiger partial charge in [-0.25, -0.2) is 4.98 Å². The summed E-state index contributed by atoms with van der Waals surface area (Å²) >= 11 is 1.24. The first-order valence-electron chi connectivity index (χ1n) is 5.32. The molecule has 0 aromatic carbocycles. The molecule has 1 atom stereocenters. The molecular formula is C10H13F3N2OS. The molecule has 0 bridgehead atoms. The zero-order chi connectivity index (χ0) is 12.6. The molecule has 1 aromatic rings. The number of fused-ring (bicyclic) bond motifs is 1. The number of aryl methyl sites for hydroxylation is 1. The molecule has 0 fully saturated rings. The first-order valence-corrected chi connectivity index (χ1v) is 6.14. The average Bonchev–Trinajstić information content (AvgIpc) is 2.60. The molecule has 0 aliphatic heterocycles. The van der Waals surface area contributed by atoms with E-state index in [0.717, 1.165) is 22.6 Å². The van der Waals surface area contributed by atoms with Crippen LogP contribution in [0.2, 0.25) is 0 Å². The lowest BCUT2D eigenvalue weighted by Crippen LogP contribution is -2.30. The van der Waals surface area contributed by atoms with Crippen LogP contribution in [-0.2, 0) is 6.42 Å². The summed E-state index contributed by atoms with van der Waals surface area (Å²) in [7, 11) is 1.37. The molecule has 0 spiro atoms. The van der Waals surface area contributed by atoms with Crippen LogP contribution in [-0.4, -0.2) is 29.9 Å². The summed E-state index contributed by atoms with van der Waals surface area (Å²) < 4.78 is 36.7. The van der Waals surface area contributed by atoms with E-state index in [1.807, 2.05) is 0 Å². The van der Waals surface area contributed by atoms with Gasteiger partial charge in [-0.05, 0) is 19.3 Å². The third kappa shape index (κ3) is 2.90. The molecule has 1 N–H and O–H groups in total. The minimum absolute atomic E-state index is 0.327. The average molecular weight is 266 g/mol. The van der Waals surface area contributed by atoms with Gasteiger partial charge in [-0.2, -0.15) is 13.2 Å². The number of aliphatic hydroxyl groups excluding tert-OH is 1. The molecular weight excluding hydrogens is 253 g/mol. The highest BCUT2D eigenvalue weighted by Gasteiger charge is 2.31. The Morgan fingerprint density at radius 2 is 2.24 bits per heavy atom. The second-order valence-electron chi connectivity index (χ2n) is 4.18. The van der Waals surface area contributed by atoms with E-state index in [9.17, 15) is 18.3 Å². The van der Waals surface area contributed by atoms with Crippen molar-refractivity contribution in [3.8, 4) is 0 Å². The SMILES string of the molecule is CN(CC(F)(F)F)c1nc2c(s1)CCCC2O. The van der Waals surface area contributed by atoms with Gasteiger partial charge in [-0.1, -0.05) is 0 Å². The number of anilines is 1. The van der Waals surface area contributed by atoms with E-state index in [-0.39, 0.29) is 0 Å². The first-order chi connectivity index (χ1) is 7.87. The van der Waals surface area contributed by atoms with Crippen LogP contribution in [0.5, 0.6) is 0 Å². The van der Waals surface area contributed by atoms with Crippen LogP contribution < -0.4 is 4.90 Å². The zero-order valence-corrected chi connectivity index (χ0v) is 10.1. The number of alkyl halides is 3. The third-order valence-electron chi connectivity index (χ3n) is 2.66. The summed E-state index contributed by atoms with van der Waals surface area (Å²) in [6.07, 6.45) is -2.57. The normalized spacial score (nSPS) is 20.2. The lowest BCUT2D eigenvalue weighted by atomic mass is 10.0. The smallest absolute Gasteiger partial charge is 0.387 e. The fourth-order valence-corrected chi connectivity index (χ4v) is 3.00. The minimum Gasteiger partial charge on any atom is -0.387 e.